The molecule has 0 spiro atoms. The van der Waals surface area contributed by atoms with Crippen LogP contribution in [0, 0.1) is 0 Å². The largest absolute Gasteiger partial charge is 0.462 e. The normalized spacial score (nSPS) is 11.8. The second-order valence-corrected chi connectivity index (χ2v) is 16.4. The number of rotatable bonds is 44. The van der Waals surface area contributed by atoms with Gasteiger partial charge in [-0.1, -0.05) is 233 Å². The highest BCUT2D eigenvalue weighted by Gasteiger charge is 2.19. The summed E-state index contributed by atoms with van der Waals surface area (Å²) >= 11 is 0. The molecule has 0 saturated carbocycles. The van der Waals surface area contributed by atoms with Gasteiger partial charge in [0.25, 0.3) is 0 Å². The van der Waals surface area contributed by atoms with Crippen LogP contribution >= 0.6 is 0 Å². The lowest BCUT2D eigenvalue weighted by molar-refractivity contribution is -0.167. The van der Waals surface area contributed by atoms with Gasteiger partial charge in [0.05, 0.1) is 0 Å². The Morgan fingerprint density at radius 3 is 0.741 bits per heavy atom. The van der Waals surface area contributed by atoms with E-state index in [0.29, 0.717) is 19.3 Å². The third kappa shape index (κ3) is 41.6. The number of hydrogen-bond donors (Lipinski definition) is 0. The monoisotopic (exact) mass is 765 g/mol. The maximum Gasteiger partial charge on any atom is 0.306 e. The molecule has 0 amide bonds. The average Bonchev–Trinajstić information content (AvgIpc) is 3.17. The summed E-state index contributed by atoms with van der Waals surface area (Å²) < 4.78 is 16.7. The first-order chi connectivity index (χ1) is 26.5. The Bertz CT molecular complexity index is 798. The fraction of sp³-hybridized carbons (Fsp3) is 0.938. The predicted molar refractivity (Wildman–Crippen MR) is 229 cm³/mol. The van der Waals surface area contributed by atoms with Crippen LogP contribution in [0.25, 0.3) is 0 Å². The van der Waals surface area contributed by atoms with Crippen molar-refractivity contribution in [2.24, 2.45) is 0 Å². The van der Waals surface area contributed by atoms with E-state index in [-0.39, 0.29) is 31.1 Å². The van der Waals surface area contributed by atoms with Crippen molar-refractivity contribution in [1.29, 1.82) is 0 Å². The van der Waals surface area contributed by atoms with Crippen molar-refractivity contribution in [3.05, 3.63) is 0 Å². The number of unbranched alkanes of at least 4 members (excludes halogenated alkanes) is 33. The molecule has 0 bridgehead atoms. The molecule has 320 valence electrons. The van der Waals surface area contributed by atoms with Crippen molar-refractivity contribution in [1.82, 2.24) is 0 Å². The van der Waals surface area contributed by atoms with Crippen LogP contribution in [-0.2, 0) is 28.6 Å². The summed E-state index contributed by atoms with van der Waals surface area (Å²) in [4.78, 5) is 37.7. The zero-order chi connectivity index (χ0) is 39.4. The van der Waals surface area contributed by atoms with Crippen LogP contribution in [0.15, 0.2) is 0 Å². The van der Waals surface area contributed by atoms with E-state index in [0.717, 1.165) is 57.8 Å². The first-order valence-corrected chi connectivity index (χ1v) is 24.0. The molecule has 54 heavy (non-hydrogen) atoms. The lowest BCUT2D eigenvalue weighted by atomic mass is 10.0. The van der Waals surface area contributed by atoms with Gasteiger partial charge in [-0.3, -0.25) is 14.4 Å². The smallest absolute Gasteiger partial charge is 0.306 e. The van der Waals surface area contributed by atoms with Crippen molar-refractivity contribution in [2.45, 2.75) is 277 Å². The Kier molecular flexibility index (Phi) is 42.8. The first-order valence-electron chi connectivity index (χ1n) is 24.0. The summed E-state index contributed by atoms with van der Waals surface area (Å²) in [5.74, 6) is -0.851. The van der Waals surface area contributed by atoms with Crippen LogP contribution in [0.2, 0.25) is 0 Å². The van der Waals surface area contributed by atoms with E-state index in [1.54, 1.807) is 0 Å². The highest BCUT2D eigenvalue weighted by molar-refractivity contribution is 5.71. The van der Waals surface area contributed by atoms with Gasteiger partial charge in [-0.25, -0.2) is 0 Å². The first kappa shape index (κ1) is 52.4. The number of hydrogen-bond acceptors (Lipinski definition) is 6. The van der Waals surface area contributed by atoms with Crippen LogP contribution in [0.3, 0.4) is 0 Å². The molecule has 0 aromatic heterocycles. The molecule has 6 heteroatoms. The molecule has 0 aliphatic carbocycles. The Hall–Kier alpha value is -1.59. The highest BCUT2D eigenvalue weighted by Crippen LogP contribution is 2.16. The van der Waals surface area contributed by atoms with Crippen molar-refractivity contribution in [3.63, 3.8) is 0 Å². The summed E-state index contributed by atoms with van der Waals surface area (Å²) in [6.45, 7) is 6.64. The van der Waals surface area contributed by atoms with Gasteiger partial charge in [-0.15, -0.1) is 0 Å². The van der Waals surface area contributed by atoms with E-state index in [1.165, 1.54) is 173 Å². The minimum Gasteiger partial charge on any atom is -0.462 e. The second-order valence-electron chi connectivity index (χ2n) is 16.4. The molecule has 0 fully saturated rings. The maximum atomic E-state index is 12.7. The molecule has 0 unspecified atom stereocenters. The van der Waals surface area contributed by atoms with Gasteiger partial charge in [0.15, 0.2) is 6.10 Å². The van der Waals surface area contributed by atoms with Crippen LogP contribution in [-0.4, -0.2) is 37.2 Å². The topological polar surface area (TPSA) is 78.9 Å². The van der Waals surface area contributed by atoms with Crippen molar-refractivity contribution in [2.75, 3.05) is 13.2 Å². The molecule has 0 saturated heterocycles. The Balaban J connectivity index is 4.25. The zero-order valence-electron chi connectivity index (χ0n) is 36.5. The second kappa shape index (κ2) is 44.1. The minimum absolute atomic E-state index is 0.0625. The number of carbonyl (C=O) groups excluding carboxylic acids is 3. The Labute approximate surface area is 336 Å². The molecule has 0 radical (unpaired) electrons. The molecule has 0 N–H and O–H groups in total. The molecule has 0 aromatic rings. The summed E-state index contributed by atoms with van der Waals surface area (Å²) in [5.41, 5.74) is 0. The van der Waals surface area contributed by atoms with E-state index in [9.17, 15) is 14.4 Å². The van der Waals surface area contributed by atoms with E-state index in [1.807, 2.05) is 0 Å². The summed E-state index contributed by atoms with van der Waals surface area (Å²) in [5, 5.41) is 0. The number of carbonyl (C=O) groups is 3. The molecule has 6 nitrogen and oxygen atoms in total. The van der Waals surface area contributed by atoms with Gasteiger partial charge in [0.2, 0.25) is 0 Å². The summed E-state index contributed by atoms with van der Waals surface area (Å²) in [6.07, 6.45) is 45.1. The molecular weight excluding hydrogens is 673 g/mol. The molecule has 0 aliphatic heterocycles. The van der Waals surface area contributed by atoms with Gasteiger partial charge in [-0.05, 0) is 19.3 Å². The average molecular weight is 765 g/mol. The standard InChI is InChI=1S/C48H92O6/c1-4-7-10-13-16-19-21-22-23-24-25-27-29-32-35-38-41-47(50)53-44-45(43-52-46(49)40-37-34-31-28-18-15-12-9-6-3)54-48(51)42-39-36-33-30-26-20-17-14-11-8-5-2/h45H,4-44H2,1-3H3/t45-/m1/s1. The Morgan fingerprint density at radius 2 is 0.500 bits per heavy atom. The maximum absolute atomic E-state index is 12.7. The SMILES string of the molecule is CCCCCCCCCCCCCCCCCCC(=O)OC[C@@H](COC(=O)CCCCCCCCCCC)OC(=O)CCCCCCCCCCCCC. The van der Waals surface area contributed by atoms with Crippen LogP contribution in [0.5, 0.6) is 0 Å². The van der Waals surface area contributed by atoms with Crippen molar-refractivity contribution in [3.8, 4) is 0 Å². The van der Waals surface area contributed by atoms with E-state index >= 15 is 0 Å². The van der Waals surface area contributed by atoms with Crippen LogP contribution in [0.1, 0.15) is 271 Å². The molecule has 1 atom stereocenters. The van der Waals surface area contributed by atoms with E-state index in [2.05, 4.69) is 20.8 Å². The van der Waals surface area contributed by atoms with Gasteiger partial charge in [-0.2, -0.15) is 0 Å². The fourth-order valence-corrected chi connectivity index (χ4v) is 7.21. The fourth-order valence-electron chi connectivity index (χ4n) is 7.21. The Morgan fingerprint density at radius 1 is 0.296 bits per heavy atom. The molecule has 0 aliphatic rings. The number of ether oxygens (including phenoxy) is 3. The summed E-state index contributed by atoms with van der Waals surface area (Å²) in [7, 11) is 0. The van der Waals surface area contributed by atoms with Gasteiger partial charge in [0.1, 0.15) is 13.2 Å². The third-order valence-electron chi connectivity index (χ3n) is 10.9. The van der Waals surface area contributed by atoms with Crippen molar-refractivity contribution < 1.29 is 28.6 Å². The lowest BCUT2D eigenvalue weighted by Gasteiger charge is -2.18. The summed E-state index contributed by atoms with van der Waals surface area (Å²) in [6, 6.07) is 0. The molecule has 0 rings (SSSR count). The zero-order valence-corrected chi connectivity index (χ0v) is 36.5. The number of esters is 3. The predicted octanol–water partition coefficient (Wildman–Crippen LogP) is 15.3. The lowest BCUT2D eigenvalue weighted by Crippen LogP contribution is -2.30. The van der Waals surface area contributed by atoms with Crippen LogP contribution in [0.4, 0.5) is 0 Å². The highest BCUT2D eigenvalue weighted by atomic mass is 16.6. The van der Waals surface area contributed by atoms with Crippen LogP contribution < -0.4 is 0 Å². The van der Waals surface area contributed by atoms with Crippen molar-refractivity contribution >= 4 is 17.9 Å². The van der Waals surface area contributed by atoms with Gasteiger partial charge < -0.3 is 14.2 Å². The van der Waals surface area contributed by atoms with E-state index < -0.39 is 6.10 Å². The van der Waals surface area contributed by atoms with E-state index in [4.69, 9.17) is 14.2 Å². The molecular formula is C48H92O6. The van der Waals surface area contributed by atoms with Gasteiger partial charge >= 0.3 is 17.9 Å². The molecule has 0 heterocycles. The molecule has 0 aromatic carbocycles. The third-order valence-corrected chi connectivity index (χ3v) is 10.9. The minimum atomic E-state index is -0.757. The quantitative estimate of drug-likeness (QED) is 0.0349. The van der Waals surface area contributed by atoms with Gasteiger partial charge in [0, 0.05) is 19.3 Å².